The van der Waals surface area contributed by atoms with Crippen LogP contribution in [0, 0.1) is 13.8 Å². The first-order valence-corrected chi connectivity index (χ1v) is 10.2. The van der Waals surface area contributed by atoms with E-state index in [4.69, 9.17) is 13.9 Å². The van der Waals surface area contributed by atoms with Crippen molar-refractivity contribution in [2.75, 3.05) is 26.9 Å². The third-order valence-corrected chi connectivity index (χ3v) is 5.53. The van der Waals surface area contributed by atoms with Gasteiger partial charge in [-0.2, -0.15) is 0 Å². The average Bonchev–Trinajstić information content (AvgIpc) is 3.01. The number of carbonyl (C=O) groups excluding carboxylic acids is 1. The minimum absolute atomic E-state index is 0.00427. The summed E-state index contributed by atoms with van der Waals surface area (Å²) in [5.41, 5.74) is 2.89. The molecule has 1 aromatic heterocycles. The zero-order chi connectivity index (χ0) is 22.3. The number of phenols is 1. The Bertz CT molecular complexity index is 1230. The summed E-state index contributed by atoms with van der Waals surface area (Å²) in [6.45, 7) is 6.55. The van der Waals surface area contributed by atoms with Gasteiger partial charge in [0.05, 0.1) is 30.2 Å². The second-order valence-electron chi connectivity index (χ2n) is 7.69. The molecule has 7 heteroatoms. The normalized spacial score (nSPS) is 15.5. The summed E-state index contributed by atoms with van der Waals surface area (Å²) in [7, 11) is 1.56. The second-order valence-corrected chi connectivity index (χ2v) is 7.69. The van der Waals surface area contributed by atoms with E-state index in [1.54, 1.807) is 30.2 Å². The molecule has 2 heterocycles. The maximum absolute atomic E-state index is 13.6. The molecule has 3 aromatic rings. The van der Waals surface area contributed by atoms with Gasteiger partial charge in [-0.25, -0.2) is 0 Å². The Morgan fingerprint density at radius 3 is 2.65 bits per heavy atom. The van der Waals surface area contributed by atoms with Gasteiger partial charge in [0.2, 0.25) is 5.76 Å². The highest BCUT2D eigenvalue weighted by Crippen LogP contribution is 2.41. The highest BCUT2D eigenvalue weighted by molar-refractivity contribution is 5.99. The molecular formula is C24H25NO6. The van der Waals surface area contributed by atoms with Crippen LogP contribution < -0.4 is 10.2 Å². The number of aryl methyl sites for hydroxylation is 2. The van der Waals surface area contributed by atoms with Crippen molar-refractivity contribution >= 4 is 16.9 Å². The minimum atomic E-state index is -0.668. The van der Waals surface area contributed by atoms with Gasteiger partial charge < -0.3 is 23.9 Å². The van der Waals surface area contributed by atoms with E-state index < -0.39 is 6.04 Å². The number of amides is 1. The van der Waals surface area contributed by atoms with Crippen LogP contribution in [0.5, 0.6) is 11.5 Å². The smallest absolute Gasteiger partial charge is 0.290 e. The number of carbonyl (C=O) groups is 1. The van der Waals surface area contributed by atoms with Crippen LogP contribution in [0.1, 0.15) is 45.8 Å². The van der Waals surface area contributed by atoms with Crippen LogP contribution in [0.3, 0.4) is 0 Å². The zero-order valence-electron chi connectivity index (χ0n) is 18.0. The molecule has 0 saturated carbocycles. The SMILES string of the molecule is CCOc1cc([C@@H]2c3c(oc4c(C)cc(C)cc4c3=O)C(=O)N2CCOC)ccc1O. The lowest BCUT2D eigenvalue weighted by atomic mass is 9.97. The Kier molecular flexibility index (Phi) is 5.45. The van der Waals surface area contributed by atoms with Crippen molar-refractivity contribution in [3.05, 3.63) is 68.6 Å². The van der Waals surface area contributed by atoms with Gasteiger partial charge in [-0.05, 0) is 55.7 Å². The van der Waals surface area contributed by atoms with Gasteiger partial charge in [-0.3, -0.25) is 9.59 Å². The number of aromatic hydroxyl groups is 1. The van der Waals surface area contributed by atoms with Crippen LogP contribution in [0.25, 0.3) is 11.0 Å². The van der Waals surface area contributed by atoms with E-state index in [9.17, 15) is 14.7 Å². The number of fused-ring (bicyclic) bond motifs is 2. The first-order valence-electron chi connectivity index (χ1n) is 10.2. The van der Waals surface area contributed by atoms with Gasteiger partial charge in [0, 0.05) is 13.7 Å². The monoisotopic (exact) mass is 423 g/mol. The molecule has 0 aliphatic carbocycles. The topological polar surface area (TPSA) is 89.2 Å². The number of phenolic OH excluding ortho intramolecular Hbond substituents is 1. The quantitative estimate of drug-likeness (QED) is 0.650. The largest absolute Gasteiger partial charge is 0.504 e. The molecule has 0 saturated heterocycles. The van der Waals surface area contributed by atoms with Gasteiger partial charge in [-0.1, -0.05) is 12.1 Å². The van der Waals surface area contributed by atoms with Crippen molar-refractivity contribution in [1.29, 1.82) is 0 Å². The summed E-state index contributed by atoms with van der Waals surface area (Å²) < 4.78 is 16.7. The van der Waals surface area contributed by atoms with Crippen LogP contribution in [0.15, 0.2) is 39.5 Å². The fourth-order valence-electron chi connectivity index (χ4n) is 4.21. The Balaban J connectivity index is 1.98. The van der Waals surface area contributed by atoms with E-state index in [-0.39, 0.29) is 29.4 Å². The third kappa shape index (κ3) is 3.45. The van der Waals surface area contributed by atoms with Crippen molar-refractivity contribution in [2.24, 2.45) is 0 Å². The maximum atomic E-state index is 13.6. The average molecular weight is 423 g/mol. The van der Waals surface area contributed by atoms with Crippen molar-refractivity contribution < 1.29 is 23.8 Å². The number of methoxy groups -OCH3 is 1. The second kappa shape index (κ2) is 8.07. The standard InChI is InChI=1S/C24H25NO6/c1-5-30-18-12-15(6-7-17(18)26)20-19-21(27)16-11-13(2)10-14(3)22(16)31-23(19)24(28)25(20)8-9-29-4/h6-7,10-12,20,26H,5,8-9H2,1-4H3/t20-/m1/s1. The number of ether oxygens (including phenoxy) is 2. The van der Waals surface area contributed by atoms with E-state index in [2.05, 4.69) is 0 Å². The molecular weight excluding hydrogens is 398 g/mol. The summed E-state index contributed by atoms with van der Waals surface area (Å²) >= 11 is 0. The number of benzene rings is 2. The Morgan fingerprint density at radius 1 is 1.16 bits per heavy atom. The molecule has 2 aromatic carbocycles. The van der Waals surface area contributed by atoms with Crippen LogP contribution >= 0.6 is 0 Å². The summed E-state index contributed by atoms with van der Waals surface area (Å²) in [6, 6.07) is 7.90. The van der Waals surface area contributed by atoms with Crippen molar-refractivity contribution in [3.8, 4) is 11.5 Å². The van der Waals surface area contributed by atoms with Crippen LogP contribution in [-0.2, 0) is 4.74 Å². The summed E-state index contributed by atoms with van der Waals surface area (Å²) in [5.74, 6) is -0.0153. The third-order valence-electron chi connectivity index (χ3n) is 5.53. The van der Waals surface area contributed by atoms with Crippen molar-refractivity contribution in [1.82, 2.24) is 4.90 Å². The summed E-state index contributed by atoms with van der Waals surface area (Å²) in [5, 5.41) is 10.6. The number of hydrogen-bond acceptors (Lipinski definition) is 6. The van der Waals surface area contributed by atoms with E-state index >= 15 is 0 Å². The maximum Gasteiger partial charge on any atom is 0.290 e. The van der Waals surface area contributed by atoms with Crippen molar-refractivity contribution in [2.45, 2.75) is 26.8 Å². The molecule has 7 nitrogen and oxygen atoms in total. The van der Waals surface area contributed by atoms with Crippen molar-refractivity contribution in [3.63, 3.8) is 0 Å². The molecule has 1 aliphatic rings. The summed E-state index contributed by atoms with van der Waals surface area (Å²) in [6.07, 6.45) is 0. The lowest BCUT2D eigenvalue weighted by Gasteiger charge is -2.25. The Labute approximate surface area is 179 Å². The molecule has 1 aliphatic heterocycles. The Hall–Kier alpha value is -3.32. The minimum Gasteiger partial charge on any atom is -0.504 e. The van der Waals surface area contributed by atoms with Gasteiger partial charge in [0.15, 0.2) is 16.9 Å². The molecule has 0 bridgehead atoms. The molecule has 1 atom stereocenters. The molecule has 162 valence electrons. The molecule has 0 fully saturated rings. The van der Waals surface area contributed by atoms with Crippen LogP contribution in [-0.4, -0.2) is 42.8 Å². The number of rotatable bonds is 6. The predicted octanol–water partition coefficient (Wildman–Crippen LogP) is 3.71. The van der Waals surface area contributed by atoms with Gasteiger partial charge >= 0.3 is 0 Å². The van der Waals surface area contributed by atoms with E-state index in [0.29, 0.717) is 41.1 Å². The summed E-state index contributed by atoms with van der Waals surface area (Å²) in [4.78, 5) is 28.5. The van der Waals surface area contributed by atoms with Gasteiger partial charge in [0.25, 0.3) is 5.91 Å². The lowest BCUT2D eigenvalue weighted by molar-refractivity contribution is 0.0663. The highest BCUT2D eigenvalue weighted by Gasteiger charge is 2.42. The molecule has 1 amide bonds. The Morgan fingerprint density at radius 2 is 1.94 bits per heavy atom. The fourth-order valence-corrected chi connectivity index (χ4v) is 4.21. The molecule has 0 radical (unpaired) electrons. The first kappa shape index (κ1) is 20.9. The molecule has 0 unspecified atom stereocenters. The van der Waals surface area contributed by atoms with Gasteiger partial charge in [-0.15, -0.1) is 0 Å². The molecule has 1 N–H and O–H groups in total. The highest BCUT2D eigenvalue weighted by atomic mass is 16.5. The lowest BCUT2D eigenvalue weighted by Crippen LogP contribution is -2.32. The molecule has 0 spiro atoms. The zero-order valence-corrected chi connectivity index (χ0v) is 18.0. The molecule has 31 heavy (non-hydrogen) atoms. The van der Waals surface area contributed by atoms with Crippen LogP contribution in [0.2, 0.25) is 0 Å². The van der Waals surface area contributed by atoms with E-state index in [1.165, 1.54) is 6.07 Å². The fraction of sp³-hybridized carbons (Fsp3) is 0.333. The number of hydrogen-bond donors (Lipinski definition) is 1. The van der Waals surface area contributed by atoms with E-state index in [1.807, 2.05) is 26.8 Å². The predicted molar refractivity (Wildman–Crippen MR) is 116 cm³/mol. The van der Waals surface area contributed by atoms with Crippen LogP contribution in [0.4, 0.5) is 0 Å². The molecule has 4 rings (SSSR count). The van der Waals surface area contributed by atoms with E-state index in [0.717, 1.165) is 11.1 Å². The first-order chi connectivity index (χ1) is 14.9. The van der Waals surface area contributed by atoms with Gasteiger partial charge in [0.1, 0.15) is 5.58 Å². The number of nitrogens with zero attached hydrogens (tertiary/aromatic N) is 1.